The van der Waals surface area contributed by atoms with E-state index in [-0.39, 0.29) is 5.78 Å². The molecular weight excluding hydrogens is 258 g/mol. The van der Waals surface area contributed by atoms with E-state index < -0.39 is 0 Å². The van der Waals surface area contributed by atoms with Gasteiger partial charge in [0.25, 0.3) is 0 Å². The number of aromatic amines is 1. The van der Waals surface area contributed by atoms with Crippen LogP contribution in [0.1, 0.15) is 27.8 Å². The van der Waals surface area contributed by atoms with Crippen LogP contribution in [0.3, 0.4) is 0 Å². The number of para-hydroxylation sites is 1. The van der Waals surface area contributed by atoms with Gasteiger partial charge in [-0.1, -0.05) is 12.1 Å². The number of rotatable bonds is 2. The van der Waals surface area contributed by atoms with Crippen molar-refractivity contribution >= 4 is 38.9 Å². The molecule has 0 atom stereocenters. The van der Waals surface area contributed by atoms with Gasteiger partial charge in [-0.25, -0.2) is 0 Å². The maximum Gasteiger partial charge on any atom is 0.167 e. The summed E-state index contributed by atoms with van der Waals surface area (Å²) in [7, 11) is 0. The van der Waals surface area contributed by atoms with Gasteiger partial charge in [-0.3, -0.25) is 9.59 Å². The zero-order valence-electron chi connectivity index (χ0n) is 8.00. The van der Waals surface area contributed by atoms with Gasteiger partial charge in [0, 0.05) is 9.86 Å². The van der Waals surface area contributed by atoms with Crippen LogP contribution in [0.4, 0.5) is 0 Å². The van der Waals surface area contributed by atoms with Crippen LogP contribution in [0.15, 0.2) is 22.7 Å². The second kappa shape index (κ2) is 3.62. The predicted octanol–water partition coefficient (Wildman–Crippen LogP) is 2.95. The van der Waals surface area contributed by atoms with Crippen molar-refractivity contribution in [3.05, 3.63) is 33.9 Å². The molecule has 2 aromatic rings. The van der Waals surface area contributed by atoms with Gasteiger partial charge in [0.2, 0.25) is 0 Å². The lowest BCUT2D eigenvalue weighted by Gasteiger charge is -1.94. The minimum Gasteiger partial charge on any atom is -0.351 e. The number of fused-ring (bicyclic) bond motifs is 1. The molecule has 1 aromatic carbocycles. The summed E-state index contributed by atoms with van der Waals surface area (Å²) in [6, 6.07) is 5.51. The number of ketones is 1. The molecule has 1 N–H and O–H groups in total. The molecule has 15 heavy (non-hydrogen) atoms. The van der Waals surface area contributed by atoms with Gasteiger partial charge >= 0.3 is 0 Å². The highest BCUT2D eigenvalue weighted by molar-refractivity contribution is 9.10. The fourth-order valence-corrected chi connectivity index (χ4v) is 2.13. The Bertz CT molecular complexity index is 557. The molecular formula is C11H8BrNO2. The number of halogens is 1. The monoisotopic (exact) mass is 265 g/mol. The molecule has 0 spiro atoms. The minimum absolute atomic E-state index is 0.110. The summed E-state index contributed by atoms with van der Waals surface area (Å²) in [5.74, 6) is -0.110. The predicted molar refractivity (Wildman–Crippen MR) is 61.4 cm³/mol. The van der Waals surface area contributed by atoms with Crippen LogP contribution in [0.25, 0.3) is 10.9 Å². The number of carbonyl (C=O) groups excluding carboxylic acids is 2. The number of aldehydes is 1. The largest absolute Gasteiger partial charge is 0.351 e. The van der Waals surface area contributed by atoms with Gasteiger partial charge in [-0.05, 0) is 28.9 Å². The van der Waals surface area contributed by atoms with Crippen LogP contribution in [0.5, 0.6) is 0 Å². The summed E-state index contributed by atoms with van der Waals surface area (Å²) >= 11 is 3.36. The van der Waals surface area contributed by atoms with Gasteiger partial charge in [-0.2, -0.15) is 0 Å². The van der Waals surface area contributed by atoms with Gasteiger partial charge in [-0.15, -0.1) is 0 Å². The third kappa shape index (κ3) is 1.51. The average Bonchev–Trinajstić information content (AvgIpc) is 2.57. The number of Topliss-reactive ketones (excluding diaryl/α,β-unsaturated/α-hetero) is 1. The van der Waals surface area contributed by atoms with E-state index in [0.29, 0.717) is 17.5 Å². The Morgan fingerprint density at radius 1 is 1.47 bits per heavy atom. The van der Waals surface area contributed by atoms with E-state index in [0.717, 1.165) is 15.4 Å². The standard InChI is InChI=1S/C11H8BrNO2/c1-6(15)10-7-3-2-4-8(12)11(7)13-9(10)5-14/h2-5,13H,1H3. The molecule has 76 valence electrons. The van der Waals surface area contributed by atoms with Crippen molar-refractivity contribution in [3.63, 3.8) is 0 Å². The second-order valence-corrected chi connectivity index (χ2v) is 4.10. The maximum atomic E-state index is 11.4. The number of carbonyl (C=O) groups is 2. The molecule has 0 aliphatic heterocycles. The first-order chi connectivity index (χ1) is 7.15. The molecule has 0 radical (unpaired) electrons. The zero-order chi connectivity index (χ0) is 11.0. The lowest BCUT2D eigenvalue weighted by Crippen LogP contribution is -1.95. The summed E-state index contributed by atoms with van der Waals surface area (Å²) in [6.45, 7) is 1.45. The quantitative estimate of drug-likeness (QED) is 0.671. The fraction of sp³-hybridized carbons (Fsp3) is 0.0909. The Morgan fingerprint density at radius 3 is 2.80 bits per heavy atom. The first kappa shape index (κ1) is 10.1. The van der Waals surface area contributed by atoms with E-state index in [1.54, 1.807) is 0 Å². The molecule has 0 fully saturated rings. The lowest BCUT2D eigenvalue weighted by atomic mass is 10.1. The highest BCUT2D eigenvalue weighted by Crippen LogP contribution is 2.27. The van der Waals surface area contributed by atoms with E-state index in [2.05, 4.69) is 20.9 Å². The summed E-state index contributed by atoms with van der Waals surface area (Å²) < 4.78 is 0.843. The highest BCUT2D eigenvalue weighted by atomic mass is 79.9. The summed E-state index contributed by atoms with van der Waals surface area (Å²) in [5.41, 5.74) is 1.58. The number of hydrogen-bond donors (Lipinski definition) is 1. The Balaban J connectivity index is 2.92. The van der Waals surface area contributed by atoms with Crippen LogP contribution in [-0.2, 0) is 0 Å². The van der Waals surface area contributed by atoms with Gasteiger partial charge in [0.1, 0.15) is 0 Å². The Labute approximate surface area is 94.6 Å². The molecule has 0 saturated carbocycles. The third-order valence-corrected chi connectivity index (χ3v) is 2.94. The number of H-pyrrole nitrogens is 1. The number of benzene rings is 1. The SMILES string of the molecule is CC(=O)c1c(C=O)[nH]c2c(Br)cccc12. The number of aromatic nitrogens is 1. The number of nitrogens with one attached hydrogen (secondary N) is 1. The van der Waals surface area contributed by atoms with Crippen molar-refractivity contribution in [2.24, 2.45) is 0 Å². The van der Waals surface area contributed by atoms with Crippen molar-refractivity contribution in [3.8, 4) is 0 Å². The molecule has 0 saturated heterocycles. The van der Waals surface area contributed by atoms with Crippen molar-refractivity contribution in [2.75, 3.05) is 0 Å². The smallest absolute Gasteiger partial charge is 0.167 e. The molecule has 1 heterocycles. The summed E-state index contributed by atoms with van der Waals surface area (Å²) in [4.78, 5) is 25.2. The van der Waals surface area contributed by atoms with Crippen molar-refractivity contribution < 1.29 is 9.59 Å². The molecule has 1 aromatic heterocycles. The van der Waals surface area contributed by atoms with E-state index >= 15 is 0 Å². The molecule has 0 amide bonds. The van der Waals surface area contributed by atoms with Crippen LogP contribution in [0.2, 0.25) is 0 Å². The minimum atomic E-state index is -0.110. The Hall–Kier alpha value is -1.42. The maximum absolute atomic E-state index is 11.4. The molecule has 3 nitrogen and oxygen atoms in total. The third-order valence-electron chi connectivity index (χ3n) is 2.28. The van der Waals surface area contributed by atoms with Crippen LogP contribution in [0, 0.1) is 0 Å². The summed E-state index contributed by atoms with van der Waals surface area (Å²) in [5, 5.41) is 0.777. The number of hydrogen-bond acceptors (Lipinski definition) is 2. The normalized spacial score (nSPS) is 10.5. The van der Waals surface area contributed by atoms with Crippen molar-refractivity contribution in [2.45, 2.75) is 6.92 Å². The zero-order valence-corrected chi connectivity index (χ0v) is 9.59. The van der Waals surface area contributed by atoms with E-state index in [9.17, 15) is 9.59 Å². The Kier molecular flexibility index (Phi) is 2.44. The lowest BCUT2D eigenvalue weighted by molar-refractivity contribution is 0.101. The van der Waals surface area contributed by atoms with E-state index in [1.165, 1.54) is 6.92 Å². The van der Waals surface area contributed by atoms with E-state index in [1.807, 2.05) is 18.2 Å². The van der Waals surface area contributed by atoms with Gasteiger partial charge in [0.15, 0.2) is 12.1 Å². The first-order valence-corrected chi connectivity index (χ1v) is 5.20. The van der Waals surface area contributed by atoms with Gasteiger partial charge < -0.3 is 4.98 Å². The average molecular weight is 266 g/mol. The molecule has 0 aliphatic rings. The molecule has 0 bridgehead atoms. The fourth-order valence-electron chi connectivity index (χ4n) is 1.67. The molecule has 2 rings (SSSR count). The van der Waals surface area contributed by atoms with Crippen LogP contribution in [-0.4, -0.2) is 17.1 Å². The second-order valence-electron chi connectivity index (χ2n) is 3.25. The van der Waals surface area contributed by atoms with E-state index in [4.69, 9.17) is 0 Å². The molecule has 4 heteroatoms. The first-order valence-electron chi connectivity index (χ1n) is 4.41. The van der Waals surface area contributed by atoms with Crippen molar-refractivity contribution in [1.82, 2.24) is 4.98 Å². The van der Waals surface area contributed by atoms with Crippen LogP contribution >= 0.6 is 15.9 Å². The topological polar surface area (TPSA) is 49.9 Å². The van der Waals surface area contributed by atoms with Crippen LogP contribution < -0.4 is 0 Å². The molecule has 0 unspecified atom stereocenters. The van der Waals surface area contributed by atoms with Gasteiger partial charge in [0.05, 0.1) is 16.8 Å². The highest BCUT2D eigenvalue weighted by Gasteiger charge is 2.15. The molecule has 0 aliphatic carbocycles. The summed E-state index contributed by atoms with van der Waals surface area (Å²) in [6.07, 6.45) is 0.670. The van der Waals surface area contributed by atoms with Crippen molar-refractivity contribution in [1.29, 1.82) is 0 Å². The Morgan fingerprint density at radius 2 is 2.20 bits per heavy atom.